The second-order valence-electron chi connectivity index (χ2n) is 3.35. The summed E-state index contributed by atoms with van der Waals surface area (Å²) < 4.78 is 17.9. The van der Waals surface area contributed by atoms with Gasteiger partial charge in [0.1, 0.15) is 5.82 Å². The first-order chi connectivity index (χ1) is 7.72. The number of hydrogen-bond donors (Lipinski definition) is 1. The average Bonchev–Trinajstić information content (AvgIpc) is 2.22. The van der Waals surface area contributed by atoms with Gasteiger partial charge in [0.2, 0.25) is 0 Å². The third-order valence-corrected chi connectivity index (χ3v) is 2.20. The minimum atomic E-state index is -0.306. The smallest absolute Gasteiger partial charge is 0.125 e. The molecule has 0 radical (unpaired) electrons. The van der Waals surface area contributed by atoms with Crippen molar-refractivity contribution in [2.24, 2.45) is 0 Å². The highest BCUT2D eigenvalue weighted by Gasteiger charge is 1.98. The van der Waals surface area contributed by atoms with E-state index in [1.807, 2.05) is 0 Å². The lowest BCUT2D eigenvalue weighted by Gasteiger charge is -2.05. The maximum Gasteiger partial charge on any atom is 0.125 e. The summed E-state index contributed by atoms with van der Waals surface area (Å²) in [6.07, 6.45) is 2.31. The van der Waals surface area contributed by atoms with Crippen LogP contribution in [0.25, 0.3) is 0 Å². The molecule has 0 aliphatic rings. The lowest BCUT2D eigenvalue weighted by Crippen LogP contribution is -2.16. The maximum atomic E-state index is 13.0. The minimum absolute atomic E-state index is 0.306. The van der Waals surface area contributed by atoms with Crippen LogP contribution in [0.15, 0.2) is 31.0 Å². The predicted molar refractivity (Wildman–Crippen MR) is 63.9 cm³/mol. The molecular formula is C12H15ClFNO. The van der Waals surface area contributed by atoms with Crippen molar-refractivity contribution in [3.8, 4) is 0 Å². The van der Waals surface area contributed by atoms with Crippen molar-refractivity contribution >= 4 is 11.6 Å². The molecule has 0 aromatic heterocycles. The SMILES string of the molecule is C=COCCCNCc1cc(F)cc(Cl)c1. The molecule has 0 heterocycles. The van der Waals surface area contributed by atoms with Crippen molar-refractivity contribution in [2.45, 2.75) is 13.0 Å². The van der Waals surface area contributed by atoms with Crippen LogP contribution in [0, 0.1) is 5.82 Å². The Bertz CT molecular complexity index is 324. The van der Waals surface area contributed by atoms with Crippen LogP contribution >= 0.6 is 11.6 Å². The lowest BCUT2D eigenvalue weighted by molar-refractivity contribution is 0.244. The number of nitrogens with one attached hydrogen (secondary N) is 1. The van der Waals surface area contributed by atoms with E-state index < -0.39 is 0 Å². The Morgan fingerprint density at radius 1 is 1.44 bits per heavy atom. The van der Waals surface area contributed by atoms with Gasteiger partial charge in [0.25, 0.3) is 0 Å². The Kier molecular flexibility index (Phi) is 5.90. The fourth-order valence-corrected chi connectivity index (χ4v) is 1.55. The van der Waals surface area contributed by atoms with Gasteiger partial charge in [-0.3, -0.25) is 0 Å². The summed E-state index contributed by atoms with van der Waals surface area (Å²) >= 11 is 5.73. The van der Waals surface area contributed by atoms with E-state index in [1.165, 1.54) is 18.4 Å². The molecule has 0 saturated carbocycles. The highest BCUT2D eigenvalue weighted by Crippen LogP contribution is 2.13. The van der Waals surface area contributed by atoms with E-state index >= 15 is 0 Å². The Morgan fingerprint density at radius 2 is 2.25 bits per heavy atom. The molecule has 0 fully saturated rings. The molecule has 0 saturated heterocycles. The molecule has 1 rings (SSSR count). The summed E-state index contributed by atoms with van der Waals surface area (Å²) in [5, 5.41) is 3.60. The monoisotopic (exact) mass is 243 g/mol. The first kappa shape index (κ1) is 13.0. The maximum absolute atomic E-state index is 13.0. The van der Waals surface area contributed by atoms with E-state index in [4.69, 9.17) is 16.3 Å². The van der Waals surface area contributed by atoms with Crippen LogP contribution in [0.1, 0.15) is 12.0 Å². The van der Waals surface area contributed by atoms with Gasteiger partial charge in [-0.2, -0.15) is 0 Å². The molecule has 88 valence electrons. The molecule has 4 heteroatoms. The Balaban J connectivity index is 2.23. The molecule has 0 bridgehead atoms. The fourth-order valence-electron chi connectivity index (χ4n) is 1.31. The molecule has 16 heavy (non-hydrogen) atoms. The van der Waals surface area contributed by atoms with Gasteiger partial charge in [-0.15, -0.1) is 0 Å². The van der Waals surface area contributed by atoms with Crippen molar-refractivity contribution in [2.75, 3.05) is 13.2 Å². The van der Waals surface area contributed by atoms with Gasteiger partial charge in [0, 0.05) is 11.6 Å². The molecule has 1 aromatic rings. The highest BCUT2D eigenvalue weighted by molar-refractivity contribution is 6.30. The van der Waals surface area contributed by atoms with Crippen LogP contribution in [0.5, 0.6) is 0 Å². The molecule has 0 unspecified atom stereocenters. The van der Waals surface area contributed by atoms with Crippen LogP contribution in [0.4, 0.5) is 4.39 Å². The summed E-state index contributed by atoms with van der Waals surface area (Å²) in [6.45, 7) is 5.50. The largest absolute Gasteiger partial charge is 0.502 e. The third-order valence-electron chi connectivity index (χ3n) is 1.99. The fraction of sp³-hybridized carbons (Fsp3) is 0.333. The summed E-state index contributed by atoms with van der Waals surface area (Å²) in [5.41, 5.74) is 0.842. The van der Waals surface area contributed by atoms with Crippen molar-refractivity contribution in [3.63, 3.8) is 0 Å². The number of benzene rings is 1. The molecule has 0 atom stereocenters. The van der Waals surface area contributed by atoms with Gasteiger partial charge in [-0.05, 0) is 36.7 Å². The van der Waals surface area contributed by atoms with E-state index in [0.29, 0.717) is 18.2 Å². The first-order valence-corrected chi connectivity index (χ1v) is 5.48. The molecule has 1 N–H and O–H groups in total. The number of ether oxygens (including phenoxy) is 1. The van der Waals surface area contributed by atoms with Gasteiger partial charge in [-0.1, -0.05) is 18.2 Å². The van der Waals surface area contributed by atoms with E-state index in [2.05, 4.69) is 11.9 Å². The summed E-state index contributed by atoms with van der Waals surface area (Å²) in [7, 11) is 0. The second-order valence-corrected chi connectivity index (χ2v) is 3.78. The molecule has 1 aromatic carbocycles. The van der Waals surface area contributed by atoms with Crippen LogP contribution in [0.3, 0.4) is 0 Å². The van der Waals surface area contributed by atoms with Gasteiger partial charge < -0.3 is 10.1 Å². The van der Waals surface area contributed by atoms with Crippen molar-refractivity contribution in [3.05, 3.63) is 47.4 Å². The van der Waals surface area contributed by atoms with Gasteiger partial charge in [0.05, 0.1) is 12.9 Å². The molecule has 2 nitrogen and oxygen atoms in total. The van der Waals surface area contributed by atoms with Crippen LogP contribution in [-0.4, -0.2) is 13.2 Å². The Hall–Kier alpha value is -1.06. The van der Waals surface area contributed by atoms with Crippen molar-refractivity contribution < 1.29 is 9.13 Å². The standard InChI is InChI=1S/C12H15ClFNO/c1-2-16-5-3-4-15-9-10-6-11(13)8-12(14)7-10/h2,6-8,15H,1,3-5,9H2. The molecule has 0 aliphatic carbocycles. The zero-order valence-corrected chi connectivity index (χ0v) is 9.77. The van der Waals surface area contributed by atoms with E-state index in [-0.39, 0.29) is 5.82 Å². The molecular weight excluding hydrogens is 229 g/mol. The summed E-state index contributed by atoms with van der Waals surface area (Å²) in [5.74, 6) is -0.306. The zero-order chi connectivity index (χ0) is 11.8. The van der Waals surface area contributed by atoms with E-state index in [0.717, 1.165) is 18.5 Å². The van der Waals surface area contributed by atoms with Gasteiger partial charge in [0.15, 0.2) is 0 Å². The van der Waals surface area contributed by atoms with Crippen molar-refractivity contribution in [1.82, 2.24) is 5.32 Å². The minimum Gasteiger partial charge on any atom is -0.502 e. The topological polar surface area (TPSA) is 21.3 Å². The van der Waals surface area contributed by atoms with Gasteiger partial charge >= 0.3 is 0 Å². The first-order valence-electron chi connectivity index (χ1n) is 5.10. The summed E-state index contributed by atoms with van der Waals surface area (Å²) in [4.78, 5) is 0. The zero-order valence-electron chi connectivity index (χ0n) is 9.01. The number of hydrogen-bond acceptors (Lipinski definition) is 2. The number of halogens is 2. The Labute approximate surface area is 100 Å². The molecule has 0 amide bonds. The summed E-state index contributed by atoms with van der Waals surface area (Å²) in [6, 6.07) is 4.51. The van der Waals surface area contributed by atoms with Crippen LogP contribution < -0.4 is 5.32 Å². The van der Waals surface area contributed by atoms with E-state index in [9.17, 15) is 4.39 Å². The molecule has 0 aliphatic heterocycles. The normalized spacial score (nSPS) is 10.1. The van der Waals surface area contributed by atoms with Crippen LogP contribution in [0.2, 0.25) is 5.02 Å². The highest BCUT2D eigenvalue weighted by atomic mass is 35.5. The average molecular weight is 244 g/mol. The Morgan fingerprint density at radius 3 is 2.94 bits per heavy atom. The van der Waals surface area contributed by atoms with Crippen LogP contribution in [-0.2, 0) is 11.3 Å². The third kappa shape index (κ3) is 5.14. The predicted octanol–water partition coefficient (Wildman–Crippen LogP) is 3.12. The van der Waals surface area contributed by atoms with Gasteiger partial charge in [-0.25, -0.2) is 4.39 Å². The van der Waals surface area contributed by atoms with Crippen molar-refractivity contribution in [1.29, 1.82) is 0 Å². The second kappa shape index (κ2) is 7.25. The lowest BCUT2D eigenvalue weighted by atomic mass is 10.2. The quantitative estimate of drug-likeness (QED) is 0.587. The number of rotatable bonds is 7. The molecule has 0 spiro atoms. The van der Waals surface area contributed by atoms with E-state index in [1.54, 1.807) is 6.07 Å².